The number of amides is 1. The van der Waals surface area contributed by atoms with Gasteiger partial charge in [-0.25, -0.2) is 0 Å². The second kappa shape index (κ2) is 16.9. The molecule has 0 heterocycles. The van der Waals surface area contributed by atoms with E-state index in [9.17, 15) is 4.79 Å². The molecule has 0 radical (unpaired) electrons. The van der Waals surface area contributed by atoms with Gasteiger partial charge < -0.3 is 42.0 Å². The maximum Gasteiger partial charge on any atom is 0.221 e. The lowest BCUT2D eigenvalue weighted by Gasteiger charge is -2.33. The molecule has 0 bridgehead atoms. The fourth-order valence-corrected chi connectivity index (χ4v) is 2.60. The maximum atomic E-state index is 11.6. The summed E-state index contributed by atoms with van der Waals surface area (Å²) in [5.41, 5.74) is 16.7. The Labute approximate surface area is 176 Å². The van der Waals surface area contributed by atoms with Crippen molar-refractivity contribution < 1.29 is 19.0 Å². The molecule has 8 N–H and O–H groups in total. The largest absolute Gasteiger partial charge is 0.379 e. The van der Waals surface area contributed by atoms with E-state index in [4.69, 9.17) is 31.4 Å². The van der Waals surface area contributed by atoms with Gasteiger partial charge in [0.2, 0.25) is 5.91 Å². The van der Waals surface area contributed by atoms with E-state index in [1.165, 1.54) is 0 Å². The van der Waals surface area contributed by atoms with Crippen molar-refractivity contribution >= 4 is 5.91 Å². The first-order chi connectivity index (χ1) is 13.7. The fourth-order valence-electron chi connectivity index (χ4n) is 2.60. The Balaban J connectivity index is 4.37. The van der Waals surface area contributed by atoms with Gasteiger partial charge in [-0.05, 0) is 27.2 Å². The first-order valence-corrected chi connectivity index (χ1v) is 10.7. The Morgan fingerprint density at radius 1 is 0.931 bits per heavy atom. The summed E-state index contributed by atoms with van der Waals surface area (Å²) < 4.78 is 17.6. The molecule has 0 aliphatic heterocycles. The summed E-state index contributed by atoms with van der Waals surface area (Å²) in [4.78, 5) is 11.6. The minimum atomic E-state index is -0.244. The molecule has 9 nitrogen and oxygen atoms in total. The molecule has 3 unspecified atom stereocenters. The fraction of sp³-hybridized carbons (Fsp3) is 0.950. The van der Waals surface area contributed by atoms with Crippen LogP contribution >= 0.6 is 0 Å². The number of carbonyl (C=O) groups is 1. The number of rotatable bonds is 19. The molecule has 0 aromatic heterocycles. The Morgan fingerprint density at radius 2 is 1.45 bits per heavy atom. The van der Waals surface area contributed by atoms with Crippen LogP contribution in [0.3, 0.4) is 0 Å². The average Bonchev–Trinajstić information content (AvgIpc) is 2.65. The van der Waals surface area contributed by atoms with Crippen molar-refractivity contribution in [2.24, 2.45) is 22.6 Å². The molecule has 1 amide bonds. The van der Waals surface area contributed by atoms with Crippen LogP contribution in [-0.4, -0.2) is 83.3 Å². The zero-order chi connectivity index (χ0) is 22.1. The van der Waals surface area contributed by atoms with Crippen LogP contribution in [0.4, 0.5) is 0 Å². The van der Waals surface area contributed by atoms with Gasteiger partial charge in [0.05, 0.1) is 39.6 Å². The lowest BCUT2D eigenvalue weighted by atomic mass is 9.88. The van der Waals surface area contributed by atoms with E-state index < -0.39 is 0 Å². The molecule has 9 heteroatoms. The zero-order valence-electron chi connectivity index (χ0n) is 18.9. The molecule has 0 saturated heterocycles. The van der Waals surface area contributed by atoms with Crippen LogP contribution in [0, 0.1) is 5.41 Å². The Bertz CT molecular complexity index is 396. The number of hydrogen-bond donors (Lipinski definition) is 5. The molecule has 174 valence electrons. The summed E-state index contributed by atoms with van der Waals surface area (Å²) in [5.74, 6) is -0.00127. The number of nitrogens with two attached hydrogens (primary N) is 3. The van der Waals surface area contributed by atoms with Gasteiger partial charge in [-0.2, -0.15) is 0 Å². The number of carbonyl (C=O) groups excluding carboxylic acids is 1. The van der Waals surface area contributed by atoms with Gasteiger partial charge >= 0.3 is 0 Å². The van der Waals surface area contributed by atoms with Gasteiger partial charge in [0.15, 0.2) is 0 Å². The van der Waals surface area contributed by atoms with Crippen LogP contribution < -0.4 is 27.8 Å². The average molecular weight is 420 g/mol. The smallest absolute Gasteiger partial charge is 0.221 e. The number of hydrogen-bond acceptors (Lipinski definition) is 8. The van der Waals surface area contributed by atoms with E-state index in [-0.39, 0.29) is 29.4 Å². The molecule has 3 atom stereocenters. The highest BCUT2D eigenvalue weighted by Crippen LogP contribution is 2.24. The molecule has 0 rings (SSSR count). The minimum Gasteiger partial charge on any atom is -0.379 e. The normalized spacial score (nSPS) is 16.8. The van der Waals surface area contributed by atoms with Crippen molar-refractivity contribution in [3.05, 3.63) is 0 Å². The van der Waals surface area contributed by atoms with E-state index in [0.29, 0.717) is 65.7 Å². The SMILES string of the molecule is CCC(COCC(C)N)(COCC(C)N)COCC(C)NCCC(=O)NCCN. The topological polar surface area (TPSA) is 147 Å². The van der Waals surface area contributed by atoms with Gasteiger partial charge in [0.25, 0.3) is 0 Å². The lowest BCUT2D eigenvalue weighted by Crippen LogP contribution is -2.41. The highest BCUT2D eigenvalue weighted by Gasteiger charge is 2.30. The van der Waals surface area contributed by atoms with Crippen LogP contribution in [0.5, 0.6) is 0 Å². The molecule has 0 spiro atoms. The van der Waals surface area contributed by atoms with E-state index >= 15 is 0 Å². The van der Waals surface area contributed by atoms with Crippen LogP contribution in [0.1, 0.15) is 40.5 Å². The highest BCUT2D eigenvalue weighted by molar-refractivity contribution is 5.76. The van der Waals surface area contributed by atoms with E-state index in [1.54, 1.807) is 0 Å². The summed E-state index contributed by atoms with van der Waals surface area (Å²) in [7, 11) is 0. The summed E-state index contributed by atoms with van der Waals surface area (Å²) in [6.45, 7) is 12.6. The van der Waals surface area contributed by atoms with Gasteiger partial charge in [-0.15, -0.1) is 0 Å². The van der Waals surface area contributed by atoms with Crippen molar-refractivity contribution in [3.63, 3.8) is 0 Å². The predicted octanol–water partition coefficient (Wildman–Crippen LogP) is -0.430. The predicted molar refractivity (Wildman–Crippen MR) is 117 cm³/mol. The second-order valence-electron chi connectivity index (χ2n) is 8.10. The third-order valence-electron chi connectivity index (χ3n) is 4.42. The van der Waals surface area contributed by atoms with Gasteiger partial charge in [0, 0.05) is 49.6 Å². The molecule has 0 aromatic rings. The van der Waals surface area contributed by atoms with Crippen molar-refractivity contribution in [2.45, 2.75) is 58.7 Å². The molecule has 29 heavy (non-hydrogen) atoms. The molecular formula is C20H45N5O4. The van der Waals surface area contributed by atoms with Crippen LogP contribution in [0.2, 0.25) is 0 Å². The van der Waals surface area contributed by atoms with Gasteiger partial charge in [-0.1, -0.05) is 6.92 Å². The molecule has 0 aromatic carbocycles. The molecule has 0 aliphatic rings. The summed E-state index contributed by atoms with van der Waals surface area (Å²) in [6.07, 6.45) is 1.27. The van der Waals surface area contributed by atoms with Crippen LogP contribution in [0.25, 0.3) is 0 Å². The van der Waals surface area contributed by atoms with Gasteiger partial charge in [-0.3, -0.25) is 4.79 Å². The van der Waals surface area contributed by atoms with Gasteiger partial charge in [0.1, 0.15) is 0 Å². The lowest BCUT2D eigenvalue weighted by molar-refractivity contribution is -0.121. The van der Waals surface area contributed by atoms with E-state index in [2.05, 4.69) is 17.6 Å². The van der Waals surface area contributed by atoms with Crippen molar-refractivity contribution in [1.82, 2.24) is 10.6 Å². The molecule has 0 saturated carbocycles. The standard InChI is InChI=1S/C20H45N5O4/c1-5-20(13-27-10-16(2)22,14-28-11-17(3)23)15-29-12-18(4)24-8-6-19(26)25-9-7-21/h16-18,24H,5-15,21-23H2,1-4H3,(H,25,26). The van der Waals surface area contributed by atoms with Crippen molar-refractivity contribution in [3.8, 4) is 0 Å². The summed E-state index contributed by atoms with van der Waals surface area (Å²) >= 11 is 0. The maximum absolute atomic E-state index is 11.6. The third kappa shape index (κ3) is 15.7. The highest BCUT2D eigenvalue weighted by atomic mass is 16.5. The van der Waals surface area contributed by atoms with Crippen LogP contribution in [0.15, 0.2) is 0 Å². The molecule has 0 fully saturated rings. The summed E-state index contributed by atoms with van der Waals surface area (Å²) in [6, 6.07) is 0.102. The Kier molecular flexibility index (Phi) is 16.5. The second-order valence-corrected chi connectivity index (χ2v) is 8.10. The first kappa shape index (κ1) is 28.2. The summed E-state index contributed by atoms with van der Waals surface area (Å²) in [5, 5.41) is 6.05. The van der Waals surface area contributed by atoms with Crippen molar-refractivity contribution in [2.75, 3.05) is 59.3 Å². The first-order valence-electron chi connectivity index (χ1n) is 10.7. The zero-order valence-corrected chi connectivity index (χ0v) is 18.9. The monoisotopic (exact) mass is 419 g/mol. The molecular weight excluding hydrogens is 374 g/mol. The van der Waals surface area contributed by atoms with Crippen molar-refractivity contribution in [1.29, 1.82) is 0 Å². The Morgan fingerprint density at radius 3 is 1.90 bits per heavy atom. The number of nitrogens with one attached hydrogen (secondary N) is 2. The van der Waals surface area contributed by atoms with E-state index in [1.807, 2.05) is 20.8 Å². The number of ether oxygens (including phenoxy) is 3. The third-order valence-corrected chi connectivity index (χ3v) is 4.42. The Hall–Kier alpha value is -0.810. The minimum absolute atomic E-state index is 0.00127. The van der Waals surface area contributed by atoms with E-state index in [0.717, 1.165) is 6.42 Å². The molecule has 0 aliphatic carbocycles. The quantitative estimate of drug-likeness (QED) is 0.189. The van der Waals surface area contributed by atoms with Crippen LogP contribution in [-0.2, 0) is 19.0 Å².